The summed E-state index contributed by atoms with van der Waals surface area (Å²) < 4.78 is 20.8. The van der Waals surface area contributed by atoms with Crippen LogP contribution in [0, 0.1) is 0 Å². The zero-order valence-electron chi connectivity index (χ0n) is 15.2. The fourth-order valence-electron chi connectivity index (χ4n) is 2.95. The van der Waals surface area contributed by atoms with Crippen LogP contribution in [0.2, 0.25) is 0 Å². The van der Waals surface area contributed by atoms with Crippen LogP contribution in [0.5, 0.6) is 17.2 Å². The van der Waals surface area contributed by atoms with E-state index in [4.69, 9.17) is 18.9 Å². The molecule has 0 unspecified atom stereocenters. The molecule has 1 aliphatic rings. The first-order chi connectivity index (χ1) is 12.0. The number of piperidine rings is 1. The monoisotopic (exact) mass is 351 g/mol. The number of hydrogen-bond donors (Lipinski definition) is 0. The van der Waals surface area contributed by atoms with E-state index in [9.17, 15) is 9.59 Å². The van der Waals surface area contributed by atoms with Gasteiger partial charge in [-0.2, -0.15) is 0 Å². The predicted molar refractivity (Wildman–Crippen MR) is 91.4 cm³/mol. The molecule has 1 amide bonds. The van der Waals surface area contributed by atoms with Crippen LogP contribution in [0.15, 0.2) is 12.1 Å². The van der Waals surface area contributed by atoms with Crippen LogP contribution in [0.1, 0.15) is 36.5 Å². The van der Waals surface area contributed by atoms with Crippen LogP contribution in [0.3, 0.4) is 0 Å². The standard InChI is InChI=1S/C18H25NO6/c1-12-7-5-6-8-19(12)17(20)11-25-18(21)13-9-15(23-3)16(24-4)10-14(13)22-2/h9-10,12H,5-8,11H2,1-4H3/t12-/m0/s1. The summed E-state index contributed by atoms with van der Waals surface area (Å²) >= 11 is 0. The van der Waals surface area contributed by atoms with Crippen LogP contribution in [-0.2, 0) is 9.53 Å². The highest BCUT2D eigenvalue weighted by Gasteiger charge is 2.25. The van der Waals surface area contributed by atoms with Crippen LogP contribution in [-0.4, -0.2) is 57.3 Å². The third kappa shape index (κ3) is 4.35. The molecule has 0 spiro atoms. The van der Waals surface area contributed by atoms with Crippen LogP contribution < -0.4 is 14.2 Å². The number of hydrogen-bond acceptors (Lipinski definition) is 6. The van der Waals surface area contributed by atoms with E-state index < -0.39 is 5.97 Å². The average molecular weight is 351 g/mol. The zero-order valence-corrected chi connectivity index (χ0v) is 15.2. The summed E-state index contributed by atoms with van der Waals surface area (Å²) in [4.78, 5) is 26.5. The van der Waals surface area contributed by atoms with Crippen molar-refractivity contribution in [3.8, 4) is 17.2 Å². The van der Waals surface area contributed by atoms with Gasteiger partial charge in [0.15, 0.2) is 18.1 Å². The first-order valence-corrected chi connectivity index (χ1v) is 8.28. The molecule has 1 aromatic rings. The molecule has 0 radical (unpaired) electrons. The van der Waals surface area contributed by atoms with Crippen molar-refractivity contribution in [2.24, 2.45) is 0 Å². The van der Waals surface area contributed by atoms with Gasteiger partial charge in [0.2, 0.25) is 0 Å². The number of carbonyl (C=O) groups excluding carboxylic acids is 2. The van der Waals surface area contributed by atoms with Gasteiger partial charge in [0.25, 0.3) is 5.91 Å². The third-order valence-electron chi connectivity index (χ3n) is 4.38. The normalized spacial score (nSPS) is 17.0. The minimum Gasteiger partial charge on any atom is -0.496 e. The Morgan fingerprint density at radius 3 is 2.28 bits per heavy atom. The highest BCUT2D eigenvalue weighted by atomic mass is 16.5. The maximum atomic E-state index is 12.4. The molecule has 0 aliphatic carbocycles. The Kier molecular flexibility index (Phi) is 6.50. The van der Waals surface area contributed by atoms with E-state index in [-0.39, 0.29) is 24.1 Å². The lowest BCUT2D eigenvalue weighted by atomic mass is 10.0. The highest BCUT2D eigenvalue weighted by Crippen LogP contribution is 2.34. The molecule has 0 saturated carbocycles. The number of carbonyl (C=O) groups is 2. The molecule has 2 rings (SSSR count). The van der Waals surface area contributed by atoms with E-state index in [0.717, 1.165) is 19.3 Å². The van der Waals surface area contributed by atoms with Crippen LogP contribution in [0.4, 0.5) is 0 Å². The summed E-state index contributed by atoms with van der Waals surface area (Å²) in [6.07, 6.45) is 3.07. The molecule has 0 aromatic heterocycles. The lowest BCUT2D eigenvalue weighted by molar-refractivity contribution is -0.137. The molecule has 1 atom stereocenters. The molecule has 1 saturated heterocycles. The van der Waals surface area contributed by atoms with Gasteiger partial charge in [-0.05, 0) is 26.2 Å². The molecule has 0 bridgehead atoms. The maximum absolute atomic E-state index is 12.4. The molecule has 1 aromatic carbocycles. The van der Waals surface area contributed by atoms with Gasteiger partial charge in [0.05, 0.1) is 21.3 Å². The fraction of sp³-hybridized carbons (Fsp3) is 0.556. The second kappa shape index (κ2) is 8.60. The first-order valence-electron chi connectivity index (χ1n) is 8.28. The molecule has 7 heteroatoms. The summed E-state index contributed by atoms with van der Waals surface area (Å²) in [5.74, 6) is 0.289. The number of likely N-dealkylation sites (tertiary alicyclic amines) is 1. The van der Waals surface area contributed by atoms with Crippen molar-refractivity contribution < 1.29 is 28.5 Å². The van der Waals surface area contributed by atoms with Gasteiger partial charge in [-0.15, -0.1) is 0 Å². The molecule has 138 valence electrons. The van der Waals surface area contributed by atoms with Gasteiger partial charge in [-0.25, -0.2) is 4.79 Å². The Morgan fingerprint density at radius 2 is 1.68 bits per heavy atom. The number of methoxy groups -OCH3 is 3. The van der Waals surface area contributed by atoms with Gasteiger partial charge in [0, 0.05) is 24.7 Å². The first kappa shape index (κ1) is 18.9. The Balaban J connectivity index is 2.08. The van der Waals surface area contributed by atoms with Crippen molar-refractivity contribution in [3.63, 3.8) is 0 Å². The number of ether oxygens (including phenoxy) is 4. The smallest absolute Gasteiger partial charge is 0.342 e. The molecule has 1 fully saturated rings. The lowest BCUT2D eigenvalue weighted by Gasteiger charge is -2.33. The number of amides is 1. The SMILES string of the molecule is COc1cc(OC)c(C(=O)OCC(=O)N2CCCC[C@@H]2C)cc1OC. The van der Waals surface area contributed by atoms with Crippen molar-refractivity contribution in [2.45, 2.75) is 32.2 Å². The van der Waals surface area contributed by atoms with Gasteiger partial charge in [-0.3, -0.25) is 4.79 Å². The second-order valence-electron chi connectivity index (χ2n) is 5.92. The van der Waals surface area contributed by atoms with E-state index in [1.54, 1.807) is 11.0 Å². The van der Waals surface area contributed by atoms with Crippen molar-refractivity contribution in [3.05, 3.63) is 17.7 Å². The number of esters is 1. The van der Waals surface area contributed by atoms with Crippen molar-refractivity contribution in [2.75, 3.05) is 34.5 Å². The lowest BCUT2D eigenvalue weighted by Crippen LogP contribution is -2.44. The largest absolute Gasteiger partial charge is 0.496 e. The maximum Gasteiger partial charge on any atom is 0.342 e. The Labute approximate surface area is 147 Å². The van der Waals surface area contributed by atoms with Gasteiger partial charge in [-0.1, -0.05) is 0 Å². The molecule has 1 heterocycles. The van der Waals surface area contributed by atoms with Crippen molar-refractivity contribution >= 4 is 11.9 Å². The van der Waals surface area contributed by atoms with E-state index in [2.05, 4.69) is 0 Å². The summed E-state index contributed by atoms with van der Waals surface area (Å²) in [5, 5.41) is 0. The second-order valence-corrected chi connectivity index (χ2v) is 5.92. The van der Waals surface area contributed by atoms with Gasteiger partial charge in [0.1, 0.15) is 11.3 Å². The minimum absolute atomic E-state index is 0.176. The molecule has 1 aliphatic heterocycles. The van der Waals surface area contributed by atoms with E-state index in [1.165, 1.54) is 27.4 Å². The quantitative estimate of drug-likeness (QED) is 0.732. The van der Waals surface area contributed by atoms with E-state index in [1.807, 2.05) is 6.92 Å². The number of rotatable bonds is 6. The number of nitrogens with zero attached hydrogens (tertiary/aromatic N) is 1. The van der Waals surface area contributed by atoms with Gasteiger partial charge < -0.3 is 23.8 Å². The van der Waals surface area contributed by atoms with Crippen LogP contribution in [0.25, 0.3) is 0 Å². The number of benzene rings is 1. The van der Waals surface area contributed by atoms with Crippen LogP contribution >= 0.6 is 0 Å². The topological polar surface area (TPSA) is 74.3 Å². The summed E-state index contributed by atoms with van der Waals surface area (Å²) in [7, 11) is 4.41. The molecule has 0 N–H and O–H groups in total. The fourth-order valence-corrected chi connectivity index (χ4v) is 2.95. The minimum atomic E-state index is -0.643. The average Bonchev–Trinajstić information content (AvgIpc) is 2.64. The Bertz CT molecular complexity index is 630. The summed E-state index contributed by atoms with van der Waals surface area (Å²) in [5.41, 5.74) is 0.180. The van der Waals surface area contributed by atoms with E-state index >= 15 is 0 Å². The van der Waals surface area contributed by atoms with Crippen molar-refractivity contribution in [1.29, 1.82) is 0 Å². The third-order valence-corrected chi connectivity index (χ3v) is 4.38. The zero-order chi connectivity index (χ0) is 18.4. The Hall–Kier alpha value is -2.44. The molecule has 7 nitrogen and oxygen atoms in total. The Morgan fingerprint density at radius 1 is 1.04 bits per heavy atom. The molecule has 25 heavy (non-hydrogen) atoms. The molecular weight excluding hydrogens is 326 g/mol. The van der Waals surface area contributed by atoms with Crippen molar-refractivity contribution in [1.82, 2.24) is 4.90 Å². The van der Waals surface area contributed by atoms with E-state index in [0.29, 0.717) is 23.8 Å². The van der Waals surface area contributed by atoms with Gasteiger partial charge >= 0.3 is 5.97 Å². The molecular formula is C18H25NO6. The predicted octanol–water partition coefficient (Wildman–Crippen LogP) is 2.27. The summed E-state index contributed by atoms with van der Waals surface area (Å²) in [6.45, 7) is 2.42. The summed E-state index contributed by atoms with van der Waals surface area (Å²) in [6, 6.07) is 3.20. The highest BCUT2D eigenvalue weighted by molar-refractivity contribution is 5.95.